The Morgan fingerprint density at radius 3 is 3.05 bits per heavy atom. The van der Waals surface area contributed by atoms with E-state index >= 15 is 0 Å². The smallest absolute Gasteiger partial charge is 0.246 e. The van der Waals surface area contributed by atoms with E-state index in [-0.39, 0.29) is 11.4 Å². The molecule has 0 aliphatic rings. The zero-order valence-electron chi connectivity index (χ0n) is 10.3. The first-order chi connectivity index (χ1) is 9.72. The van der Waals surface area contributed by atoms with E-state index < -0.39 is 5.82 Å². The Bertz CT molecular complexity index is 711. The minimum atomic E-state index is -0.449. The second-order valence-corrected chi connectivity index (χ2v) is 4.64. The van der Waals surface area contributed by atoms with Gasteiger partial charge in [-0.3, -0.25) is 0 Å². The molecule has 0 aliphatic heterocycles. The number of hydrogen-bond acceptors (Lipinski definition) is 4. The van der Waals surface area contributed by atoms with Crippen molar-refractivity contribution in [2.24, 2.45) is 0 Å². The van der Waals surface area contributed by atoms with Gasteiger partial charge in [-0.05, 0) is 11.6 Å². The predicted octanol–water partition coefficient (Wildman–Crippen LogP) is 2.70. The van der Waals surface area contributed by atoms with E-state index in [0.717, 1.165) is 0 Å². The molecule has 0 spiro atoms. The fourth-order valence-electron chi connectivity index (χ4n) is 1.82. The third kappa shape index (κ3) is 2.70. The molecule has 102 valence electrons. The first kappa shape index (κ1) is 12.8. The summed E-state index contributed by atoms with van der Waals surface area (Å²) in [6.45, 7) is 0.436. The van der Waals surface area contributed by atoms with Gasteiger partial charge in [0.25, 0.3) is 0 Å². The van der Waals surface area contributed by atoms with Gasteiger partial charge in [-0.15, -0.1) is 0 Å². The van der Waals surface area contributed by atoms with Gasteiger partial charge in [-0.25, -0.2) is 9.37 Å². The summed E-state index contributed by atoms with van der Waals surface area (Å²) in [6.07, 6.45) is 5.35. The molecule has 0 atom stereocenters. The molecule has 3 aromatic rings. The zero-order chi connectivity index (χ0) is 13.9. The van der Waals surface area contributed by atoms with Crippen LogP contribution < -0.4 is 0 Å². The first-order valence-corrected chi connectivity index (χ1v) is 6.30. The predicted molar refractivity (Wildman–Crippen MR) is 69.8 cm³/mol. The molecule has 0 amide bonds. The van der Waals surface area contributed by atoms with Gasteiger partial charge in [-0.1, -0.05) is 28.9 Å². The van der Waals surface area contributed by atoms with Crippen molar-refractivity contribution in [1.82, 2.24) is 19.7 Å². The highest BCUT2D eigenvalue weighted by atomic mass is 35.5. The molecule has 0 saturated heterocycles. The van der Waals surface area contributed by atoms with Crippen LogP contribution in [0.25, 0.3) is 0 Å². The monoisotopic (exact) mass is 292 g/mol. The van der Waals surface area contributed by atoms with Crippen LogP contribution in [-0.4, -0.2) is 19.7 Å². The van der Waals surface area contributed by atoms with Gasteiger partial charge in [0.05, 0.1) is 11.3 Å². The van der Waals surface area contributed by atoms with E-state index in [1.807, 2.05) is 0 Å². The minimum absolute atomic E-state index is 0.0876. The SMILES string of the molecule is Fc1c(Cl)cccc1Cc1noc(Cn2ccnc2)n1. The standard InChI is InChI=1S/C13H10ClFN4O/c14-10-3-1-2-9(13(10)15)6-11-17-12(20-18-11)7-19-5-4-16-8-19/h1-5,8H,6-7H2. The lowest BCUT2D eigenvalue weighted by atomic mass is 10.1. The normalized spacial score (nSPS) is 10.9. The molecule has 0 N–H and O–H groups in total. The second kappa shape index (κ2) is 5.42. The molecule has 3 rings (SSSR count). The van der Waals surface area contributed by atoms with Crippen LogP contribution in [-0.2, 0) is 13.0 Å². The van der Waals surface area contributed by atoms with Crippen LogP contribution in [0.1, 0.15) is 17.3 Å². The Morgan fingerprint density at radius 1 is 1.35 bits per heavy atom. The summed E-state index contributed by atoms with van der Waals surface area (Å²) in [5.41, 5.74) is 0.437. The van der Waals surface area contributed by atoms with Gasteiger partial charge < -0.3 is 9.09 Å². The average molecular weight is 293 g/mol. The molecular formula is C13H10ClFN4O. The van der Waals surface area contributed by atoms with Gasteiger partial charge >= 0.3 is 0 Å². The summed E-state index contributed by atoms with van der Waals surface area (Å²) >= 11 is 5.73. The van der Waals surface area contributed by atoms with Crippen LogP contribution in [0.2, 0.25) is 5.02 Å². The Labute approximate surface area is 119 Å². The van der Waals surface area contributed by atoms with Crippen molar-refractivity contribution < 1.29 is 8.91 Å². The van der Waals surface area contributed by atoms with E-state index in [0.29, 0.717) is 23.8 Å². The van der Waals surface area contributed by atoms with Crippen LogP contribution in [0.3, 0.4) is 0 Å². The molecule has 1 aromatic carbocycles. The van der Waals surface area contributed by atoms with Gasteiger partial charge in [0.2, 0.25) is 5.89 Å². The Kier molecular flexibility index (Phi) is 3.47. The molecule has 7 heteroatoms. The van der Waals surface area contributed by atoms with Crippen LogP contribution in [0.5, 0.6) is 0 Å². The summed E-state index contributed by atoms with van der Waals surface area (Å²) in [5, 5.41) is 3.92. The largest absolute Gasteiger partial charge is 0.337 e. The molecule has 0 bridgehead atoms. The lowest BCUT2D eigenvalue weighted by molar-refractivity contribution is 0.366. The maximum absolute atomic E-state index is 13.8. The maximum Gasteiger partial charge on any atom is 0.246 e. The average Bonchev–Trinajstić information content (AvgIpc) is 3.08. The number of nitrogens with zero attached hydrogens (tertiary/aromatic N) is 4. The van der Waals surface area contributed by atoms with Crippen LogP contribution in [0.15, 0.2) is 41.4 Å². The quantitative estimate of drug-likeness (QED) is 0.742. The van der Waals surface area contributed by atoms with Crippen LogP contribution in [0.4, 0.5) is 4.39 Å². The number of halogens is 2. The molecule has 20 heavy (non-hydrogen) atoms. The van der Waals surface area contributed by atoms with Crippen molar-refractivity contribution in [3.05, 3.63) is 65.0 Å². The molecule has 0 fully saturated rings. The third-order valence-corrected chi connectivity index (χ3v) is 3.06. The van der Waals surface area contributed by atoms with E-state index in [1.165, 1.54) is 6.07 Å². The second-order valence-electron chi connectivity index (χ2n) is 4.23. The molecular weight excluding hydrogens is 283 g/mol. The van der Waals surface area contributed by atoms with Crippen LogP contribution in [0, 0.1) is 5.82 Å². The number of hydrogen-bond donors (Lipinski definition) is 0. The molecule has 2 aromatic heterocycles. The topological polar surface area (TPSA) is 56.7 Å². The third-order valence-electron chi connectivity index (χ3n) is 2.77. The van der Waals surface area contributed by atoms with Gasteiger partial charge in [0.1, 0.15) is 12.4 Å². The first-order valence-electron chi connectivity index (χ1n) is 5.92. The number of benzene rings is 1. The van der Waals surface area contributed by atoms with E-state index in [9.17, 15) is 4.39 Å². The summed E-state index contributed by atoms with van der Waals surface area (Å²) < 4.78 is 20.7. The number of aromatic nitrogens is 4. The molecule has 5 nitrogen and oxygen atoms in total. The van der Waals surface area contributed by atoms with Gasteiger partial charge in [0.15, 0.2) is 5.82 Å². The maximum atomic E-state index is 13.8. The minimum Gasteiger partial charge on any atom is -0.337 e. The van der Waals surface area contributed by atoms with Crippen LogP contribution >= 0.6 is 11.6 Å². The zero-order valence-corrected chi connectivity index (χ0v) is 11.1. The lowest BCUT2D eigenvalue weighted by Crippen LogP contribution is -1.98. The summed E-state index contributed by atoms with van der Waals surface area (Å²) in [4.78, 5) is 8.14. The van der Waals surface area contributed by atoms with Gasteiger partial charge in [-0.2, -0.15) is 4.98 Å². The highest BCUT2D eigenvalue weighted by molar-refractivity contribution is 6.30. The Morgan fingerprint density at radius 2 is 2.25 bits per heavy atom. The van der Waals surface area contributed by atoms with E-state index in [2.05, 4.69) is 15.1 Å². The van der Waals surface area contributed by atoms with E-state index in [4.69, 9.17) is 16.1 Å². The lowest BCUT2D eigenvalue weighted by Gasteiger charge is -2.00. The van der Waals surface area contributed by atoms with Gasteiger partial charge in [0, 0.05) is 18.8 Å². The van der Waals surface area contributed by atoms with Crippen molar-refractivity contribution in [3.63, 3.8) is 0 Å². The summed E-state index contributed by atoms with van der Waals surface area (Å²) in [7, 11) is 0. The van der Waals surface area contributed by atoms with E-state index in [1.54, 1.807) is 35.4 Å². The van der Waals surface area contributed by atoms with Crippen molar-refractivity contribution in [2.75, 3.05) is 0 Å². The Balaban J connectivity index is 1.75. The fraction of sp³-hybridized carbons (Fsp3) is 0.154. The number of rotatable bonds is 4. The highest BCUT2D eigenvalue weighted by Crippen LogP contribution is 2.19. The number of imidazole rings is 1. The van der Waals surface area contributed by atoms with Crippen molar-refractivity contribution >= 4 is 11.6 Å². The highest BCUT2D eigenvalue weighted by Gasteiger charge is 2.12. The molecule has 0 aliphatic carbocycles. The Hall–Kier alpha value is -2.21. The van der Waals surface area contributed by atoms with Crippen molar-refractivity contribution in [1.29, 1.82) is 0 Å². The summed E-state index contributed by atoms with van der Waals surface area (Å²) in [6, 6.07) is 4.83. The molecule has 2 heterocycles. The molecule has 0 radical (unpaired) electrons. The van der Waals surface area contributed by atoms with Crippen molar-refractivity contribution in [3.8, 4) is 0 Å². The van der Waals surface area contributed by atoms with Crippen molar-refractivity contribution in [2.45, 2.75) is 13.0 Å². The molecule has 0 unspecified atom stereocenters. The molecule has 0 saturated carbocycles. The fourth-order valence-corrected chi connectivity index (χ4v) is 2.01. The summed E-state index contributed by atoms with van der Waals surface area (Å²) in [5.74, 6) is 0.414.